The number of aromatic nitrogens is 2. The first-order valence-corrected chi connectivity index (χ1v) is 8.16. The molecule has 0 aromatic carbocycles. The molecule has 5 nitrogen and oxygen atoms in total. The van der Waals surface area contributed by atoms with Gasteiger partial charge in [-0.3, -0.25) is 4.98 Å². The second-order valence-corrected chi connectivity index (χ2v) is 6.33. The number of nitrogens with zero attached hydrogens (tertiary/aromatic N) is 3. The number of nitrogens with two attached hydrogens (primary N) is 1. The van der Waals surface area contributed by atoms with E-state index in [4.69, 9.17) is 5.73 Å². The molecule has 2 aromatic rings. The highest BCUT2D eigenvalue weighted by Crippen LogP contribution is 2.36. The Labute approximate surface area is 129 Å². The maximum Gasteiger partial charge on any atom is 0.147 e. The first-order chi connectivity index (χ1) is 10.2. The van der Waals surface area contributed by atoms with Gasteiger partial charge in [-0.05, 0) is 62.1 Å². The molecule has 0 spiro atoms. The van der Waals surface area contributed by atoms with Gasteiger partial charge in [-0.25, -0.2) is 0 Å². The van der Waals surface area contributed by atoms with E-state index in [1.807, 2.05) is 12.1 Å². The van der Waals surface area contributed by atoms with Crippen molar-refractivity contribution < 1.29 is 0 Å². The van der Waals surface area contributed by atoms with Crippen molar-refractivity contribution >= 4 is 22.4 Å². The third kappa shape index (κ3) is 3.33. The number of nitrogen functional groups attached to an aromatic ring is 1. The SMILES string of the molecule is CC(CN1CCCC1)Nc1snc(N)c1-c1ccncc1. The zero-order valence-corrected chi connectivity index (χ0v) is 13.1. The van der Waals surface area contributed by atoms with Crippen LogP contribution in [0.3, 0.4) is 0 Å². The summed E-state index contributed by atoms with van der Waals surface area (Å²) in [4.78, 5) is 6.57. The summed E-state index contributed by atoms with van der Waals surface area (Å²) >= 11 is 1.43. The minimum absolute atomic E-state index is 0.378. The van der Waals surface area contributed by atoms with E-state index in [1.165, 1.54) is 37.5 Å². The average molecular weight is 303 g/mol. The third-order valence-electron chi connectivity index (χ3n) is 3.80. The standard InChI is InChI=1S/C15H21N5S/c1-11(10-20-8-2-3-9-20)18-15-13(14(16)19-21-15)12-4-6-17-7-5-12/h4-7,11,18H,2-3,8-10H2,1H3,(H2,16,19). The van der Waals surface area contributed by atoms with Crippen LogP contribution in [0.2, 0.25) is 0 Å². The molecule has 6 heteroatoms. The Morgan fingerprint density at radius 3 is 2.76 bits per heavy atom. The predicted molar refractivity (Wildman–Crippen MR) is 88.5 cm³/mol. The van der Waals surface area contributed by atoms with Crippen LogP contribution in [0.5, 0.6) is 0 Å². The summed E-state index contributed by atoms with van der Waals surface area (Å²) in [7, 11) is 0. The molecule has 3 heterocycles. The summed E-state index contributed by atoms with van der Waals surface area (Å²) in [5.41, 5.74) is 8.10. The molecule has 112 valence electrons. The lowest BCUT2D eigenvalue weighted by atomic mass is 10.1. The Morgan fingerprint density at radius 2 is 2.05 bits per heavy atom. The lowest BCUT2D eigenvalue weighted by Gasteiger charge is -2.21. The fraction of sp³-hybridized carbons (Fsp3) is 0.467. The number of pyridine rings is 1. The second-order valence-electron chi connectivity index (χ2n) is 5.56. The fourth-order valence-corrected chi connectivity index (χ4v) is 3.67. The summed E-state index contributed by atoms with van der Waals surface area (Å²) < 4.78 is 4.30. The highest BCUT2D eigenvalue weighted by Gasteiger charge is 2.18. The largest absolute Gasteiger partial charge is 0.382 e. The second kappa shape index (κ2) is 6.41. The van der Waals surface area contributed by atoms with Crippen LogP contribution in [-0.4, -0.2) is 39.9 Å². The minimum Gasteiger partial charge on any atom is -0.382 e. The Balaban J connectivity index is 1.73. The molecule has 0 bridgehead atoms. The highest BCUT2D eigenvalue weighted by molar-refractivity contribution is 7.11. The van der Waals surface area contributed by atoms with Crippen molar-refractivity contribution in [3.63, 3.8) is 0 Å². The molecule has 1 unspecified atom stereocenters. The Kier molecular flexibility index (Phi) is 4.36. The van der Waals surface area contributed by atoms with Crippen molar-refractivity contribution in [2.45, 2.75) is 25.8 Å². The first-order valence-electron chi connectivity index (χ1n) is 7.38. The molecule has 0 radical (unpaired) electrons. The molecule has 21 heavy (non-hydrogen) atoms. The van der Waals surface area contributed by atoms with E-state index >= 15 is 0 Å². The molecule has 0 aliphatic carbocycles. The topological polar surface area (TPSA) is 67.1 Å². The molecule has 0 saturated carbocycles. The Hall–Kier alpha value is -1.66. The molecule has 1 saturated heterocycles. The summed E-state index contributed by atoms with van der Waals surface area (Å²) in [6.45, 7) is 5.71. The van der Waals surface area contributed by atoms with Crippen molar-refractivity contribution in [2.24, 2.45) is 0 Å². The van der Waals surface area contributed by atoms with Crippen molar-refractivity contribution in [1.29, 1.82) is 0 Å². The fourth-order valence-electron chi connectivity index (χ4n) is 2.82. The van der Waals surface area contributed by atoms with E-state index in [0.29, 0.717) is 11.9 Å². The van der Waals surface area contributed by atoms with Crippen LogP contribution in [0.4, 0.5) is 10.8 Å². The van der Waals surface area contributed by atoms with Gasteiger partial charge in [-0.1, -0.05) is 0 Å². The van der Waals surface area contributed by atoms with Gasteiger partial charge in [0.1, 0.15) is 10.8 Å². The number of nitrogens with one attached hydrogen (secondary N) is 1. The summed E-state index contributed by atoms with van der Waals surface area (Å²) in [6.07, 6.45) is 6.21. The van der Waals surface area contributed by atoms with Gasteiger partial charge in [0, 0.05) is 25.0 Å². The van der Waals surface area contributed by atoms with Crippen LogP contribution >= 0.6 is 11.5 Å². The lowest BCUT2D eigenvalue weighted by molar-refractivity contribution is 0.328. The maximum absolute atomic E-state index is 6.04. The van der Waals surface area contributed by atoms with Crippen molar-refractivity contribution in [3.8, 4) is 11.1 Å². The quantitative estimate of drug-likeness (QED) is 0.889. The lowest BCUT2D eigenvalue weighted by Crippen LogP contribution is -2.32. The molecule has 3 rings (SSSR count). The van der Waals surface area contributed by atoms with Crippen LogP contribution in [0, 0.1) is 0 Å². The molecular weight excluding hydrogens is 282 g/mol. The molecule has 1 aliphatic heterocycles. The Bertz CT molecular complexity index is 577. The molecular formula is C15H21N5S. The van der Waals surface area contributed by atoms with Gasteiger partial charge < -0.3 is 16.0 Å². The number of hydrogen-bond donors (Lipinski definition) is 2. The van der Waals surface area contributed by atoms with Gasteiger partial charge in [-0.15, -0.1) is 0 Å². The number of likely N-dealkylation sites (tertiary alicyclic amines) is 1. The van der Waals surface area contributed by atoms with Crippen molar-refractivity contribution in [2.75, 3.05) is 30.7 Å². The normalized spacial score (nSPS) is 17.0. The van der Waals surface area contributed by atoms with E-state index in [2.05, 4.69) is 26.5 Å². The van der Waals surface area contributed by atoms with Gasteiger partial charge in [0.15, 0.2) is 0 Å². The van der Waals surface area contributed by atoms with E-state index in [9.17, 15) is 0 Å². The van der Waals surface area contributed by atoms with E-state index in [1.54, 1.807) is 12.4 Å². The summed E-state index contributed by atoms with van der Waals surface area (Å²) in [5, 5.41) is 4.62. The number of rotatable bonds is 5. The van der Waals surface area contributed by atoms with Crippen LogP contribution < -0.4 is 11.1 Å². The third-order valence-corrected chi connectivity index (χ3v) is 4.59. The smallest absolute Gasteiger partial charge is 0.147 e. The van der Waals surface area contributed by atoms with Crippen molar-refractivity contribution in [3.05, 3.63) is 24.5 Å². The first kappa shape index (κ1) is 14.3. The predicted octanol–water partition coefficient (Wildman–Crippen LogP) is 2.68. The van der Waals surface area contributed by atoms with Crippen LogP contribution in [0.25, 0.3) is 11.1 Å². The van der Waals surface area contributed by atoms with Gasteiger partial charge >= 0.3 is 0 Å². The molecule has 1 atom stereocenters. The average Bonchev–Trinajstić information content (AvgIpc) is 3.10. The maximum atomic E-state index is 6.04. The number of anilines is 2. The van der Waals surface area contributed by atoms with Crippen LogP contribution in [0.15, 0.2) is 24.5 Å². The van der Waals surface area contributed by atoms with E-state index < -0.39 is 0 Å². The molecule has 1 fully saturated rings. The Morgan fingerprint density at radius 1 is 1.33 bits per heavy atom. The van der Waals surface area contributed by atoms with Gasteiger partial charge in [0.05, 0.1) is 5.56 Å². The number of hydrogen-bond acceptors (Lipinski definition) is 6. The van der Waals surface area contributed by atoms with Gasteiger partial charge in [0.2, 0.25) is 0 Å². The van der Waals surface area contributed by atoms with Gasteiger partial charge in [-0.2, -0.15) is 4.37 Å². The van der Waals surface area contributed by atoms with E-state index in [-0.39, 0.29) is 0 Å². The van der Waals surface area contributed by atoms with Crippen molar-refractivity contribution in [1.82, 2.24) is 14.3 Å². The molecule has 3 N–H and O–H groups in total. The highest BCUT2D eigenvalue weighted by atomic mass is 32.1. The monoisotopic (exact) mass is 303 g/mol. The van der Waals surface area contributed by atoms with Crippen LogP contribution in [-0.2, 0) is 0 Å². The minimum atomic E-state index is 0.378. The van der Waals surface area contributed by atoms with Crippen LogP contribution in [0.1, 0.15) is 19.8 Å². The zero-order valence-electron chi connectivity index (χ0n) is 12.2. The molecule has 2 aromatic heterocycles. The summed E-state index contributed by atoms with van der Waals surface area (Å²) in [5.74, 6) is 0.585. The summed E-state index contributed by atoms with van der Waals surface area (Å²) in [6, 6.07) is 4.32. The zero-order chi connectivity index (χ0) is 14.7. The molecule has 0 amide bonds. The molecule has 1 aliphatic rings. The van der Waals surface area contributed by atoms with Gasteiger partial charge in [0.25, 0.3) is 0 Å². The van der Waals surface area contributed by atoms with E-state index in [0.717, 1.165) is 22.7 Å².